The number of ketones is 1. The lowest BCUT2D eigenvalue weighted by Crippen LogP contribution is -2.10. The third-order valence-corrected chi connectivity index (χ3v) is 5.05. The van der Waals surface area contributed by atoms with Crippen molar-refractivity contribution in [3.8, 4) is 17.2 Å². The lowest BCUT2D eigenvalue weighted by Gasteiger charge is -2.11. The third-order valence-electron chi connectivity index (χ3n) is 5.05. The monoisotopic (exact) mass is 462 g/mol. The first-order valence-electron chi connectivity index (χ1n) is 9.58. The number of allylic oxidation sites excluding steroid dienone is 1. The number of hydrogen-bond donors (Lipinski definition) is 0. The summed E-state index contributed by atoms with van der Waals surface area (Å²) in [4.78, 5) is 12.8. The molecule has 0 bridgehead atoms. The number of methoxy groups -OCH3 is 1. The van der Waals surface area contributed by atoms with Gasteiger partial charge < -0.3 is 14.2 Å². The topological polar surface area (TPSA) is 44.8 Å². The molecule has 0 saturated carbocycles. The first kappa shape index (κ1) is 22.3. The summed E-state index contributed by atoms with van der Waals surface area (Å²) < 4.78 is 84.0. The van der Waals surface area contributed by atoms with E-state index in [1.165, 1.54) is 25.3 Å². The molecule has 0 saturated heterocycles. The Morgan fingerprint density at radius 3 is 2.24 bits per heavy atom. The van der Waals surface area contributed by atoms with Crippen LogP contribution in [0.2, 0.25) is 0 Å². The van der Waals surface area contributed by atoms with E-state index < -0.39 is 41.3 Å². The molecule has 0 amide bonds. The number of ether oxygens (including phenoxy) is 3. The van der Waals surface area contributed by atoms with E-state index in [-0.39, 0.29) is 28.6 Å². The first-order valence-corrected chi connectivity index (χ1v) is 9.58. The van der Waals surface area contributed by atoms with Gasteiger partial charge in [0.15, 0.2) is 29.0 Å². The van der Waals surface area contributed by atoms with Crippen LogP contribution in [-0.2, 0) is 6.61 Å². The molecular weight excluding hydrogens is 447 g/mol. The maximum absolute atomic E-state index is 13.9. The van der Waals surface area contributed by atoms with E-state index in [0.29, 0.717) is 16.9 Å². The highest BCUT2D eigenvalue weighted by Gasteiger charge is 2.31. The van der Waals surface area contributed by atoms with E-state index in [9.17, 15) is 26.7 Å². The van der Waals surface area contributed by atoms with Crippen molar-refractivity contribution in [1.29, 1.82) is 0 Å². The second-order valence-electron chi connectivity index (χ2n) is 7.13. The summed E-state index contributed by atoms with van der Waals surface area (Å²) in [6, 6.07) is 9.68. The molecule has 1 aliphatic heterocycles. The number of Topliss-reactive ketones (excluding diaryl/α,β-unsaturated/α-hetero) is 1. The van der Waals surface area contributed by atoms with Crippen molar-refractivity contribution in [3.63, 3.8) is 0 Å². The minimum Gasteiger partial charge on any atom is -0.496 e. The van der Waals surface area contributed by atoms with Crippen LogP contribution >= 0.6 is 0 Å². The normalized spacial score (nSPS) is 13.8. The molecule has 0 fully saturated rings. The van der Waals surface area contributed by atoms with Gasteiger partial charge >= 0.3 is 0 Å². The Kier molecular flexibility index (Phi) is 5.80. The molecular formula is C24H15F5O4. The molecule has 4 nitrogen and oxygen atoms in total. The zero-order chi connectivity index (χ0) is 23.9. The van der Waals surface area contributed by atoms with Crippen LogP contribution in [0.3, 0.4) is 0 Å². The molecule has 3 aromatic rings. The van der Waals surface area contributed by atoms with Crippen LogP contribution in [0.4, 0.5) is 22.0 Å². The molecule has 0 aromatic heterocycles. The Hall–Kier alpha value is -3.88. The van der Waals surface area contributed by atoms with E-state index in [4.69, 9.17) is 14.2 Å². The Labute approximate surface area is 184 Å². The highest BCUT2D eigenvalue weighted by atomic mass is 19.2. The largest absolute Gasteiger partial charge is 0.496 e. The van der Waals surface area contributed by atoms with E-state index >= 15 is 0 Å². The van der Waals surface area contributed by atoms with Gasteiger partial charge in [0.05, 0.1) is 18.2 Å². The van der Waals surface area contributed by atoms with Crippen molar-refractivity contribution in [3.05, 3.63) is 93.5 Å². The van der Waals surface area contributed by atoms with Gasteiger partial charge in [-0.25, -0.2) is 22.0 Å². The number of carbonyl (C=O) groups excluding carboxylic acids is 1. The van der Waals surface area contributed by atoms with Gasteiger partial charge in [0.1, 0.15) is 23.9 Å². The molecule has 0 aliphatic carbocycles. The molecule has 4 rings (SSSR count). The minimum atomic E-state index is -2.25. The standard InChI is InChI=1S/C24H15F5O4/c1-11-7-13(32-10-14-19(25)21(27)23(29)22(28)20(14)26)9-16-18(11)24(30)17(33-16)8-12-5-3-4-6-15(12)31-2/h3-9H,10H2,1-2H3/b17-8-. The van der Waals surface area contributed by atoms with E-state index in [2.05, 4.69) is 0 Å². The van der Waals surface area contributed by atoms with Gasteiger partial charge in [-0.15, -0.1) is 0 Å². The van der Waals surface area contributed by atoms with Crippen molar-refractivity contribution in [2.24, 2.45) is 0 Å². The predicted molar refractivity (Wildman–Crippen MR) is 108 cm³/mol. The highest BCUT2D eigenvalue weighted by Crippen LogP contribution is 2.38. The summed E-state index contributed by atoms with van der Waals surface area (Å²) >= 11 is 0. The third kappa shape index (κ3) is 3.90. The average molecular weight is 462 g/mol. The fourth-order valence-electron chi connectivity index (χ4n) is 3.42. The molecule has 1 heterocycles. The Morgan fingerprint density at radius 2 is 1.58 bits per heavy atom. The number of halogens is 5. The smallest absolute Gasteiger partial charge is 0.232 e. The van der Waals surface area contributed by atoms with Crippen LogP contribution in [0, 0.1) is 36.0 Å². The Bertz CT molecular complexity index is 1290. The number of aryl methyl sites for hydroxylation is 1. The Morgan fingerprint density at radius 1 is 0.939 bits per heavy atom. The zero-order valence-corrected chi connectivity index (χ0v) is 17.3. The number of hydrogen-bond acceptors (Lipinski definition) is 4. The van der Waals surface area contributed by atoms with Crippen molar-refractivity contribution in [2.45, 2.75) is 13.5 Å². The Balaban J connectivity index is 1.62. The SMILES string of the molecule is COc1ccccc1/C=C1\Oc2cc(OCc3c(F)c(F)c(F)c(F)c3F)cc(C)c2C1=O. The number of rotatable bonds is 5. The summed E-state index contributed by atoms with van der Waals surface area (Å²) in [6.45, 7) is 0.666. The van der Waals surface area contributed by atoms with Crippen LogP contribution < -0.4 is 14.2 Å². The molecule has 0 spiro atoms. The van der Waals surface area contributed by atoms with Crippen LogP contribution in [0.1, 0.15) is 27.0 Å². The molecule has 33 heavy (non-hydrogen) atoms. The highest BCUT2D eigenvalue weighted by molar-refractivity contribution is 6.15. The van der Waals surface area contributed by atoms with Crippen LogP contribution in [-0.4, -0.2) is 12.9 Å². The summed E-state index contributed by atoms with van der Waals surface area (Å²) in [5, 5.41) is 0. The molecule has 0 atom stereocenters. The van der Waals surface area contributed by atoms with Crippen LogP contribution in [0.25, 0.3) is 6.08 Å². The van der Waals surface area contributed by atoms with Crippen LogP contribution in [0.15, 0.2) is 42.2 Å². The molecule has 170 valence electrons. The van der Waals surface area contributed by atoms with Crippen molar-refractivity contribution >= 4 is 11.9 Å². The van der Waals surface area contributed by atoms with Crippen LogP contribution in [0.5, 0.6) is 17.2 Å². The van der Waals surface area contributed by atoms with E-state index in [0.717, 1.165) is 0 Å². The van der Waals surface area contributed by atoms with Gasteiger partial charge in [-0.05, 0) is 30.7 Å². The van der Waals surface area contributed by atoms with Crippen molar-refractivity contribution in [2.75, 3.05) is 7.11 Å². The average Bonchev–Trinajstić information content (AvgIpc) is 3.12. The number of carbonyl (C=O) groups is 1. The van der Waals surface area contributed by atoms with Crippen molar-refractivity contribution < 1.29 is 41.0 Å². The van der Waals surface area contributed by atoms with Gasteiger partial charge in [-0.3, -0.25) is 4.79 Å². The molecule has 9 heteroatoms. The first-order chi connectivity index (χ1) is 15.7. The maximum atomic E-state index is 13.9. The number of fused-ring (bicyclic) bond motifs is 1. The van der Waals surface area contributed by atoms with E-state index in [1.54, 1.807) is 31.2 Å². The number of para-hydroxylation sites is 1. The van der Waals surface area contributed by atoms with Gasteiger partial charge in [0.25, 0.3) is 0 Å². The molecule has 3 aromatic carbocycles. The summed E-state index contributed by atoms with van der Waals surface area (Å²) in [5.74, 6) is -10.0. The van der Waals surface area contributed by atoms with Crippen molar-refractivity contribution in [1.82, 2.24) is 0 Å². The summed E-state index contributed by atoms with van der Waals surface area (Å²) in [6.07, 6.45) is 1.51. The minimum absolute atomic E-state index is 0.0153. The fourth-order valence-corrected chi connectivity index (χ4v) is 3.42. The second-order valence-corrected chi connectivity index (χ2v) is 7.13. The van der Waals surface area contributed by atoms with Gasteiger partial charge in [-0.2, -0.15) is 0 Å². The number of benzene rings is 3. The van der Waals surface area contributed by atoms with Gasteiger partial charge in [0.2, 0.25) is 11.6 Å². The summed E-state index contributed by atoms with van der Waals surface area (Å²) in [5.41, 5.74) is 0.197. The van der Waals surface area contributed by atoms with E-state index in [1.807, 2.05) is 0 Å². The van der Waals surface area contributed by atoms with Gasteiger partial charge in [0, 0.05) is 11.6 Å². The molecule has 0 radical (unpaired) electrons. The quantitative estimate of drug-likeness (QED) is 0.205. The predicted octanol–water partition coefficient (Wildman–Crippen LogP) is 5.89. The lowest BCUT2D eigenvalue weighted by molar-refractivity contribution is 0.101. The maximum Gasteiger partial charge on any atom is 0.232 e. The van der Waals surface area contributed by atoms with Gasteiger partial charge in [-0.1, -0.05) is 18.2 Å². The fraction of sp³-hybridized carbons (Fsp3) is 0.125. The second kappa shape index (κ2) is 8.57. The molecule has 0 unspecified atom stereocenters. The molecule has 0 N–H and O–H groups in total. The zero-order valence-electron chi connectivity index (χ0n) is 17.3. The molecule has 1 aliphatic rings. The lowest BCUT2D eigenvalue weighted by atomic mass is 10.0. The summed E-state index contributed by atoms with van der Waals surface area (Å²) in [7, 11) is 1.49.